The van der Waals surface area contributed by atoms with E-state index >= 15 is 0 Å². The molecule has 3 N–H and O–H groups in total. The maximum absolute atomic E-state index is 10.8. The number of nitrogens with one attached hydrogen (secondary N) is 1. The molecule has 0 bridgehead atoms. The van der Waals surface area contributed by atoms with Crippen molar-refractivity contribution < 1.29 is 9.72 Å². The number of nitrogens with two attached hydrogens (primary N) is 1. The first-order valence-corrected chi connectivity index (χ1v) is 5.76. The second kappa shape index (κ2) is 6.19. The topological polar surface area (TPSA) is 98.3 Å². The van der Waals surface area contributed by atoms with Crippen molar-refractivity contribution in [1.82, 2.24) is 0 Å². The summed E-state index contributed by atoms with van der Waals surface area (Å²) in [7, 11) is 0. The van der Waals surface area contributed by atoms with Crippen LogP contribution in [0.2, 0.25) is 0 Å². The third-order valence-corrected chi connectivity index (χ3v) is 2.56. The van der Waals surface area contributed by atoms with Gasteiger partial charge in [-0.3, -0.25) is 14.9 Å². The van der Waals surface area contributed by atoms with Gasteiger partial charge in [-0.1, -0.05) is 15.9 Å². The number of nitro groups is 1. The molecule has 0 fully saturated rings. The van der Waals surface area contributed by atoms with Gasteiger partial charge in [-0.15, -0.1) is 0 Å². The van der Waals surface area contributed by atoms with Gasteiger partial charge in [0.05, 0.1) is 4.92 Å². The highest BCUT2D eigenvalue weighted by atomic mass is 79.9. The number of hydrogen-bond donors (Lipinski definition) is 2. The van der Waals surface area contributed by atoms with Crippen LogP contribution in [-0.4, -0.2) is 17.4 Å². The Hall–Kier alpha value is -1.63. The van der Waals surface area contributed by atoms with Gasteiger partial charge in [-0.05, 0) is 18.6 Å². The molecular weight excluding hydrogens is 290 g/mol. The van der Waals surface area contributed by atoms with Crippen molar-refractivity contribution in [2.45, 2.75) is 12.8 Å². The molecule has 1 aromatic rings. The highest BCUT2D eigenvalue weighted by Gasteiger charge is 2.12. The largest absolute Gasteiger partial charge is 0.379 e. The molecule has 92 valence electrons. The number of primary amides is 1. The number of nitrogens with zero attached hydrogens (tertiary/aromatic N) is 1. The van der Waals surface area contributed by atoms with Gasteiger partial charge in [0.2, 0.25) is 5.91 Å². The van der Waals surface area contributed by atoms with Gasteiger partial charge in [0.15, 0.2) is 0 Å². The monoisotopic (exact) mass is 301 g/mol. The molecule has 0 radical (unpaired) electrons. The van der Waals surface area contributed by atoms with E-state index in [1.54, 1.807) is 12.1 Å². The Morgan fingerprint density at radius 2 is 2.24 bits per heavy atom. The van der Waals surface area contributed by atoms with Crippen LogP contribution in [0.1, 0.15) is 12.8 Å². The highest BCUT2D eigenvalue weighted by molar-refractivity contribution is 9.10. The van der Waals surface area contributed by atoms with Crippen LogP contribution in [0.25, 0.3) is 0 Å². The predicted octanol–water partition coefficient (Wildman–Crippen LogP) is 2.03. The first-order chi connectivity index (χ1) is 8.00. The number of anilines is 1. The number of amides is 1. The molecule has 0 aromatic heterocycles. The Bertz CT molecular complexity index is 437. The summed E-state index contributed by atoms with van der Waals surface area (Å²) in [6.45, 7) is 0.459. The quantitative estimate of drug-likeness (QED) is 0.477. The van der Waals surface area contributed by atoms with Crippen LogP contribution in [0.3, 0.4) is 0 Å². The van der Waals surface area contributed by atoms with Crippen LogP contribution < -0.4 is 11.1 Å². The van der Waals surface area contributed by atoms with Crippen molar-refractivity contribution in [3.63, 3.8) is 0 Å². The van der Waals surface area contributed by atoms with E-state index in [-0.39, 0.29) is 18.0 Å². The van der Waals surface area contributed by atoms with Gasteiger partial charge in [0, 0.05) is 23.5 Å². The summed E-state index contributed by atoms with van der Waals surface area (Å²) in [5, 5.41) is 13.7. The maximum Gasteiger partial charge on any atom is 0.292 e. The number of hydrogen-bond acceptors (Lipinski definition) is 4. The highest BCUT2D eigenvalue weighted by Crippen LogP contribution is 2.27. The second-order valence-electron chi connectivity index (χ2n) is 3.42. The molecule has 0 unspecified atom stereocenters. The summed E-state index contributed by atoms with van der Waals surface area (Å²) in [6.07, 6.45) is 0.799. The molecule has 0 saturated carbocycles. The van der Waals surface area contributed by atoms with E-state index < -0.39 is 4.92 Å². The first kappa shape index (κ1) is 13.4. The third-order valence-electron chi connectivity index (χ3n) is 2.07. The standard InChI is InChI=1S/C10H12BrN3O3/c11-7-3-4-9(14(16)17)8(6-7)13-5-1-2-10(12)15/h3-4,6,13H,1-2,5H2,(H2,12,15). The van der Waals surface area contributed by atoms with Crippen molar-refractivity contribution >= 4 is 33.2 Å². The molecular formula is C10H12BrN3O3. The van der Waals surface area contributed by atoms with Gasteiger partial charge < -0.3 is 11.1 Å². The van der Waals surface area contributed by atoms with Crippen molar-refractivity contribution in [2.75, 3.05) is 11.9 Å². The fourth-order valence-electron chi connectivity index (χ4n) is 1.29. The van der Waals surface area contributed by atoms with E-state index in [1.165, 1.54) is 6.07 Å². The number of carbonyl (C=O) groups excluding carboxylic acids is 1. The smallest absolute Gasteiger partial charge is 0.292 e. The molecule has 0 heterocycles. The average molecular weight is 302 g/mol. The number of nitro benzene ring substituents is 1. The molecule has 0 aliphatic heterocycles. The van der Waals surface area contributed by atoms with Crippen LogP contribution in [-0.2, 0) is 4.79 Å². The molecule has 1 amide bonds. The van der Waals surface area contributed by atoms with E-state index in [0.717, 1.165) is 4.47 Å². The van der Waals surface area contributed by atoms with Crippen molar-refractivity contribution in [2.24, 2.45) is 5.73 Å². The molecule has 0 saturated heterocycles. The number of carbonyl (C=O) groups is 1. The third kappa shape index (κ3) is 4.39. The molecule has 1 aromatic carbocycles. The zero-order valence-electron chi connectivity index (χ0n) is 8.98. The summed E-state index contributed by atoms with van der Waals surface area (Å²) < 4.78 is 0.750. The van der Waals surface area contributed by atoms with E-state index in [9.17, 15) is 14.9 Å². The molecule has 0 atom stereocenters. The lowest BCUT2D eigenvalue weighted by Crippen LogP contribution is -2.13. The van der Waals surface area contributed by atoms with Crippen molar-refractivity contribution in [3.05, 3.63) is 32.8 Å². The number of benzene rings is 1. The zero-order valence-corrected chi connectivity index (χ0v) is 10.6. The van der Waals surface area contributed by atoms with Crippen LogP contribution >= 0.6 is 15.9 Å². The summed E-state index contributed by atoms with van der Waals surface area (Å²) in [4.78, 5) is 20.8. The summed E-state index contributed by atoms with van der Waals surface area (Å²) in [6, 6.07) is 4.65. The lowest BCUT2D eigenvalue weighted by atomic mass is 10.2. The summed E-state index contributed by atoms with van der Waals surface area (Å²) in [5.41, 5.74) is 5.42. The lowest BCUT2D eigenvalue weighted by molar-refractivity contribution is -0.384. The molecule has 6 nitrogen and oxygen atoms in total. The van der Waals surface area contributed by atoms with E-state index in [0.29, 0.717) is 18.7 Å². The summed E-state index contributed by atoms with van der Waals surface area (Å²) in [5.74, 6) is -0.379. The minimum atomic E-state index is -0.455. The van der Waals surface area contributed by atoms with Crippen LogP contribution in [0, 0.1) is 10.1 Å². The molecule has 0 spiro atoms. The van der Waals surface area contributed by atoms with Gasteiger partial charge in [0.1, 0.15) is 5.69 Å². The fourth-order valence-corrected chi connectivity index (χ4v) is 1.66. The Labute approximate surface area is 106 Å². The Morgan fingerprint density at radius 3 is 2.82 bits per heavy atom. The molecule has 0 aliphatic carbocycles. The second-order valence-corrected chi connectivity index (χ2v) is 4.33. The van der Waals surface area contributed by atoms with Crippen molar-refractivity contribution in [3.8, 4) is 0 Å². The van der Waals surface area contributed by atoms with Crippen LogP contribution in [0.15, 0.2) is 22.7 Å². The molecule has 7 heteroatoms. The molecule has 17 heavy (non-hydrogen) atoms. The number of rotatable bonds is 6. The Morgan fingerprint density at radius 1 is 1.53 bits per heavy atom. The fraction of sp³-hybridized carbons (Fsp3) is 0.300. The van der Waals surface area contributed by atoms with E-state index in [2.05, 4.69) is 21.2 Å². The maximum atomic E-state index is 10.8. The minimum Gasteiger partial charge on any atom is -0.379 e. The Balaban J connectivity index is 2.65. The van der Waals surface area contributed by atoms with Crippen molar-refractivity contribution in [1.29, 1.82) is 0 Å². The summed E-state index contributed by atoms with van der Waals surface area (Å²) >= 11 is 3.24. The normalized spacial score (nSPS) is 9.94. The van der Waals surface area contributed by atoms with Gasteiger partial charge in [-0.25, -0.2) is 0 Å². The Kier molecular flexibility index (Phi) is 4.89. The lowest BCUT2D eigenvalue weighted by Gasteiger charge is -2.06. The van der Waals surface area contributed by atoms with Crippen LogP contribution in [0.5, 0.6) is 0 Å². The van der Waals surface area contributed by atoms with Gasteiger partial charge >= 0.3 is 0 Å². The average Bonchev–Trinajstić information content (AvgIpc) is 2.23. The van der Waals surface area contributed by atoms with E-state index in [1.807, 2.05) is 0 Å². The SMILES string of the molecule is NC(=O)CCCNc1cc(Br)ccc1[N+](=O)[O-]. The van der Waals surface area contributed by atoms with Crippen LogP contribution in [0.4, 0.5) is 11.4 Å². The van der Waals surface area contributed by atoms with Gasteiger partial charge in [0.25, 0.3) is 5.69 Å². The zero-order chi connectivity index (χ0) is 12.8. The van der Waals surface area contributed by atoms with Gasteiger partial charge in [-0.2, -0.15) is 0 Å². The predicted molar refractivity (Wildman–Crippen MR) is 67.7 cm³/mol. The molecule has 0 aliphatic rings. The minimum absolute atomic E-state index is 0.00674. The van der Waals surface area contributed by atoms with E-state index in [4.69, 9.17) is 5.73 Å². The molecule has 1 rings (SSSR count). The number of halogens is 1. The first-order valence-electron chi connectivity index (χ1n) is 4.97.